The third kappa shape index (κ3) is 3.31. The minimum Gasteiger partial charge on any atom is -0.388 e. The average Bonchev–Trinajstić information content (AvgIpc) is 2.36. The highest BCUT2D eigenvalue weighted by Crippen LogP contribution is 2.27. The van der Waals surface area contributed by atoms with Crippen LogP contribution < -0.4 is 0 Å². The maximum Gasteiger partial charge on any atom is 0.0833 e. The Morgan fingerprint density at radius 1 is 0.950 bits per heavy atom. The zero-order chi connectivity index (χ0) is 14.9. The van der Waals surface area contributed by atoms with Crippen LogP contribution in [-0.2, 0) is 6.42 Å². The summed E-state index contributed by atoms with van der Waals surface area (Å²) in [4.78, 5) is 0. The van der Waals surface area contributed by atoms with Gasteiger partial charge in [-0.05, 0) is 67.6 Å². The Kier molecular flexibility index (Phi) is 4.66. The second-order valence-electron chi connectivity index (χ2n) is 5.60. The van der Waals surface area contributed by atoms with Gasteiger partial charge in [0.25, 0.3) is 0 Å². The summed E-state index contributed by atoms with van der Waals surface area (Å²) >= 11 is 3.48. The molecular formula is C18H21BrO. The van der Waals surface area contributed by atoms with Crippen molar-refractivity contribution in [3.8, 4) is 0 Å². The molecule has 0 radical (unpaired) electrons. The van der Waals surface area contributed by atoms with Crippen molar-refractivity contribution in [3.63, 3.8) is 0 Å². The summed E-state index contributed by atoms with van der Waals surface area (Å²) < 4.78 is 1.01. The van der Waals surface area contributed by atoms with Crippen molar-refractivity contribution in [2.75, 3.05) is 0 Å². The van der Waals surface area contributed by atoms with Gasteiger partial charge in [0.05, 0.1) is 6.10 Å². The molecule has 1 nitrogen and oxygen atoms in total. The highest BCUT2D eigenvalue weighted by Gasteiger charge is 2.14. The average molecular weight is 333 g/mol. The minimum atomic E-state index is -0.465. The molecule has 0 bridgehead atoms. The Balaban J connectivity index is 2.32. The summed E-state index contributed by atoms with van der Waals surface area (Å²) in [6, 6.07) is 10.4. The molecule has 0 aromatic heterocycles. The quantitative estimate of drug-likeness (QED) is 0.842. The van der Waals surface area contributed by atoms with E-state index in [1.54, 1.807) is 0 Å². The number of benzene rings is 2. The molecule has 0 saturated heterocycles. The lowest BCUT2D eigenvalue weighted by molar-refractivity contribution is 0.177. The van der Waals surface area contributed by atoms with E-state index in [1.165, 1.54) is 22.3 Å². The van der Waals surface area contributed by atoms with Crippen LogP contribution in [0.4, 0.5) is 0 Å². The van der Waals surface area contributed by atoms with Crippen LogP contribution in [0, 0.1) is 27.7 Å². The van der Waals surface area contributed by atoms with Crippen molar-refractivity contribution in [3.05, 3.63) is 68.2 Å². The lowest BCUT2D eigenvalue weighted by Crippen LogP contribution is -2.07. The van der Waals surface area contributed by atoms with Crippen molar-refractivity contribution in [2.45, 2.75) is 40.2 Å². The van der Waals surface area contributed by atoms with Gasteiger partial charge in [0.15, 0.2) is 0 Å². The van der Waals surface area contributed by atoms with Crippen LogP contribution in [0.5, 0.6) is 0 Å². The van der Waals surface area contributed by atoms with Gasteiger partial charge >= 0.3 is 0 Å². The van der Waals surface area contributed by atoms with E-state index in [2.05, 4.69) is 48.8 Å². The summed E-state index contributed by atoms with van der Waals surface area (Å²) in [5.41, 5.74) is 7.17. The van der Waals surface area contributed by atoms with Crippen molar-refractivity contribution in [1.29, 1.82) is 0 Å². The largest absolute Gasteiger partial charge is 0.388 e. The molecule has 2 aromatic carbocycles. The normalized spacial score (nSPS) is 12.5. The molecule has 1 N–H and O–H groups in total. The first kappa shape index (κ1) is 15.3. The van der Waals surface area contributed by atoms with Crippen LogP contribution in [0.1, 0.15) is 39.5 Å². The molecule has 0 fully saturated rings. The molecule has 0 heterocycles. The first-order chi connectivity index (χ1) is 9.38. The van der Waals surface area contributed by atoms with Gasteiger partial charge in [0.2, 0.25) is 0 Å². The van der Waals surface area contributed by atoms with Crippen molar-refractivity contribution in [2.24, 2.45) is 0 Å². The van der Waals surface area contributed by atoms with E-state index in [4.69, 9.17) is 0 Å². The van der Waals surface area contributed by atoms with E-state index in [0.29, 0.717) is 6.42 Å². The SMILES string of the molecule is Cc1cc(C)c(CC(O)c2cc(Br)ccc2C)c(C)c1. The van der Waals surface area contributed by atoms with E-state index >= 15 is 0 Å². The molecule has 0 amide bonds. The summed E-state index contributed by atoms with van der Waals surface area (Å²) in [5, 5.41) is 10.6. The molecule has 2 heteroatoms. The van der Waals surface area contributed by atoms with Crippen LogP contribution in [0.15, 0.2) is 34.8 Å². The topological polar surface area (TPSA) is 20.2 Å². The third-order valence-corrected chi connectivity index (χ3v) is 4.33. The molecular weight excluding hydrogens is 312 g/mol. The Bertz CT molecular complexity index is 608. The van der Waals surface area contributed by atoms with Crippen LogP contribution in [0.2, 0.25) is 0 Å². The van der Waals surface area contributed by atoms with Gasteiger partial charge < -0.3 is 5.11 Å². The number of aryl methyl sites for hydroxylation is 4. The van der Waals surface area contributed by atoms with Gasteiger partial charge in [-0.15, -0.1) is 0 Å². The standard InChI is InChI=1S/C18H21BrO/c1-11-7-13(3)16(14(4)8-11)10-18(20)17-9-15(19)6-5-12(17)2/h5-9,18,20H,10H2,1-4H3. The maximum atomic E-state index is 10.6. The van der Waals surface area contributed by atoms with Gasteiger partial charge in [0, 0.05) is 10.9 Å². The molecule has 1 unspecified atom stereocenters. The molecule has 0 aliphatic carbocycles. The number of rotatable bonds is 3. The summed E-state index contributed by atoms with van der Waals surface area (Å²) in [5.74, 6) is 0. The van der Waals surface area contributed by atoms with Crippen molar-refractivity contribution >= 4 is 15.9 Å². The minimum absolute atomic E-state index is 0.465. The second-order valence-corrected chi connectivity index (χ2v) is 6.51. The molecule has 20 heavy (non-hydrogen) atoms. The third-order valence-electron chi connectivity index (χ3n) is 3.84. The van der Waals surface area contributed by atoms with E-state index in [9.17, 15) is 5.11 Å². The van der Waals surface area contributed by atoms with E-state index < -0.39 is 6.10 Å². The predicted molar refractivity (Wildman–Crippen MR) is 88.2 cm³/mol. The zero-order valence-electron chi connectivity index (χ0n) is 12.5. The predicted octanol–water partition coefficient (Wildman–Crippen LogP) is 4.96. The van der Waals surface area contributed by atoms with Crippen LogP contribution >= 0.6 is 15.9 Å². The van der Waals surface area contributed by atoms with Gasteiger partial charge in [0.1, 0.15) is 0 Å². The lowest BCUT2D eigenvalue weighted by Gasteiger charge is -2.18. The fraction of sp³-hybridized carbons (Fsp3) is 0.333. The molecule has 0 aliphatic rings. The van der Waals surface area contributed by atoms with Crippen LogP contribution in [0.3, 0.4) is 0 Å². The number of hydrogen-bond acceptors (Lipinski definition) is 1. The molecule has 106 valence electrons. The Morgan fingerprint density at radius 2 is 1.55 bits per heavy atom. The molecule has 0 saturated carbocycles. The Hall–Kier alpha value is -1.12. The van der Waals surface area contributed by atoms with Gasteiger partial charge in [-0.2, -0.15) is 0 Å². The molecule has 2 rings (SSSR count). The summed E-state index contributed by atoms with van der Waals surface area (Å²) in [6.07, 6.45) is 0.197. The van der Waals surface area contributed by atoms with Crippen LogP contribution in [-0.4, -0.2) is 5.11 Å². The monoisotopic (exact) mass is 332 g/mol. The fourth-order valence-electron chi connectivity index (χ4n) is 2.81. The van der Waals surface area contributed by atoms with Gasteiger partial charge in [-0.25, -0.2) is 0 Å². The summed E-state index contributed by atoms with van der Waals surface area (Å²) in [7, 11) is 0. The number of aliphatic hydroxyl groups is 1. The fourth-order valence-corrected chi connectivity index (χ4v) is 3.18. The van der Waals surface area contributed by atoms with E-state index in [0.717, 1.165) is 15.6 Å². The smallest absolute Gasteiger partial charge is 0.0833 e. The molecule has 2 aromatic rings. The first-order valence-electron chi connectivity index (χ1n) is 6.89. The number of halogens is 1. The zero-order valence-corrected chi connectivity index (χ0v) is 14.1. The van der Waals surface area contributed by atoms with E-state index in [-0.39, 0.29) is 0 Å². The molecule has 1 atom stereocenters. The lowest BCUT2D eigenvalue weighted by atomic mass is 9.92. The van der Waals surface area contributed by atoms with Crippen molar-refractivity contribution < 1.29 is 5.11 Å². The van der Waals surface area contributed by atoms with Gasteiger partial charge in [-0.1, -0.05) is 39.7 Å². The highest BCUT2D eigenvalue weighted by molar-refractivity contribution is 9.10. The Labute approximate surface area is 129 Å². The van der Waals surface area contributed by atoms with E-state index in [1.807, 2.05) is 25.1 Å². The van der Waals surface area contributed by atoms with Crippen molar-refractivity contribution in [1.82, 2.24) is 0 Å². The van der Waals surface area contributed by atoms with Gasteiger partial charge in [-0.3, -0.25) is 0 Å². The van der Waals surface area contributed by atoms with Crippen LogP contribution in [0.25, 0.3) is 0 Å². The first-order valence-corrected chi connectivity index (χ1v) is 7.68. The molecule has 0 spiro atoms. The number of aliphatic hydroxyl groups excluding tert-OH is 1. The summed E-state index contributed by atoms with van der Waals surface area (Å²) in [6.45, 7) is 8.39. The second kappa shape index (κ2) is 6.11. The number of hydrogen-bond donors (Lipinski definition) is 1. The Morgan fingerprint density at radius 3 is 2.15 bits per heavy atom. The molecule has 0 aliphatic heterocycles. The maximum absolute atomic E-state index is 10.6. The highest BCUT2D eigenvalue weighted by atomic mass is 79.9.